The minimum Gasteiger partial charge on any atom is -0.377 e. The Bertz CT molecular complexity index is 626. The Labute approximate surface area is 160 Å². The van der Waals surface area contributed by atoms with Crippen LogP contribution in [0.3, 0.4) is 0 Å². The van der Waals surface area contributed by atoms with Crippen LogP contribution >= 0.6 is 11.3 Å². The zero-order chi connectivity index (χ0) is 18.7. The average molecular weight is 403 g/mol. The molecule has 0 aliphatic carbocycles. The molecular formula is C17H30N4O3S2. The molecule has 1 saturated heterocycles. The molecule has 1 aromatic heterocycles. The van der Waals surface area contributed by atoms with E-state index in [1.807, 2.05) is 13.0 Å². The van der Waals surface area contributed by atoms with E-state index < -0.39 is 10.0 Å². The fourth-order valence-electron chi connectivity index (χ4n) is 2.64. The van der Waals surface area contributed by atoms with Gasteiger partial charge < -0.3 is 15.4 Å². The van der Waals surface area contributed by atoms with Crippen LogP contribution in [0.4, 0.5) is 0 Å². The van der Waals surface area contributed by atoms with Crippen LogP contribution in [0.1, 0.15) is 31.1 Å². The summed E-state index contributed by atoms with van der Waals surface area (Å²) in [5.41, 5.74) is 0. The molecule has 9 heteroatoms. The number of guanidine groups is 1. The van der Waals surface area contributed by atoms with Crippen LogP contribution in [0, 0.1) is 0 Å². The first-order valence-electron chi connectivity index (χ1n) is 9.22. The topological polar surface area (TPSA) is 91.8 Å². The monoisotopic (exact) mass is 402 g/mol. The molecule has 0 spiro atoms. The van der Waals surface area contributed by atoms with Gasteiger partial charge in [0.15, 0.2) is 5.96 Å². The number of hydrogen-bond acceptors (Lipinski definition) is 5. The molecular weight excluding hydrogens is 372 g/mol. The van der Waals surface area contributed by atoms with E-state index in [0.717, 1.165) is 45.4 Å². The van der Waals surface area contributed by atoms with Crippen molar-refractivity contribution in [3.63, 3.8) is 0 Å². The number of sulfonamides is 1. The maximum absolute atomic E-state index is 12.1. The summed E-state index contributed by atoms with van der Waals surface area (Å²) in [5.74, 6) is 0.621. The molecule has 0 bridgehead atoms. The Morgan fingerprint density at radius 1 is 1.38 bits per heavy atom. The van der Waals surface area contributed by atoms with Gasteiger partial charge in [0.1, 0.15) is 0 Å². The number of nitrogens with zero attached hydrogens (tertiary/aromatic N) is 1. The van der Waals surface area contributed by atoms with Gasteiger partial charge in [-0.05, 0) is 44.1 Å². The van der Waals surface area contributed by atoms with E-state index >= 15 is 0 Å². The second-order valence-electron chi connectivity index (χ2n) is 6.17. The lowest BCUT2D eigenvalue weighted by Gasteiger charge is -2.22. The molecule has 148 valence electrons. The van der Waals surface area contributed by atoms with Crippen molar-refractivity contribution in [3.8, 4) is 0 Å². The van der Waals surface area contributed by atoms with E-state index in [9.17, 15) is 8.42 Å². The van der Waals surface area contributed by atoms with E-state index in [4.69, 9.17) is 4.74 Å². The SMILES string of the molecule is CCNC(=NCCS(=O)(=O)NCC1CCCCO1)NCCc1cccs1. The fourth-order valence-corrected chi connectivity index (χ4v) is 4.26. The molecule has 1 aromatic rings. The highest BCUT2D eigenvalue weighted by atomic mass is 32.2. The summed E-state index contributed by atoms with van der Waals surface area (Å²) in [5, 5.41) is 8.44. The quantitative estimate of drug-likeness (QED) is 0.406. The smallest absolute Gasteiger partial charge is 0.213 e. The Hall–Kier alpha value is -1.16. The first-order chi connectivity index (χ1) is 12.6. The van der Waals surface area contributed by atoms with Crippen molar-refractivity contribution >= 4 is 27.3 Å². The van der Waals surface area contributed by atoms with Gasteiger partial charge in [-0.1, -0.05) is 6.07 Å². The summed E-state index contributed by atoms with van der Waals surface area (Å²) in [7, 11) is -3.34. The molecule has 0 aromatic carbocycles. The van der Waals surface area contributed by atoms with Crippen molar-refractivity contribution in [3.05, 3.63) is 22.4 Å². The molecule has 0 radical (unpaired) electrons. The van der Waals surface area contributed by atoms with Gasteiger partial charge in [-0.15, -0.1) is 11.3 Å². The van der Waals surface area contributed by atoms with Crippen molar-refractivity contribution in [2.24, 2.45) is 4.99 Å². The van der Waals surface area contributed by atoms with E-state index in [-0.39, 0.29) is 18.4 Å². The summed E-state index contributed by atoms with van der Waals surface area (Å²) in [6.07, 6.45) is 3.99. The Balaban J connectivity index is 1.70. The van der Waals surface area contributed by atoms with Gasteiger partial charge in [-0.2, -0.15) is 0 Å². The number of ether oxygens (including phenoxy) is 1. The molecule has 1 fully saturated rings. The molecule has 3 N–H and O–H groups in total. The lowest BCUT2D eigenvalue weighted by atomic mass is 10.1. The lowest BCUT2D eigenvalue weighted by molar-refractivity contribution is 0.0200. The lowest BCUT2D eigenvalue weighted by Crippen LogP contribution is -2.39. The van der Waals surface area contributed by atoms with Gasteiger partial charge in [0.25, 0.3) is 0 Å². The highest BCUT2D eigenvalue weighted by Crippen LogP contribution is 2.11. The molecule has 0 saturated carbocycles. The third-order valence-corrected chi connectivity index (χ3v) is 6.29. The highest BCUT2D eigenvalue weighted by molar-refractivity contribution is 7.89. The molecule has 1 aliphatic heterocycles. The third-order valence-electron chi connectivity index (χ3n) is 4.02. The number of thiophene rings is 1. The zero-order valence-corrected chi connectivity index (χ0v) is 17.0. The van der Waals surface area contributed by atoms with E-state index in [0.29, 0.717) is 12.5 Å². The van der Waals surface area contributed by atoms with E-state index in [1.165, 1.54) is 4.88 Å². The van der Waals surface area contributed by atoms with Gasteiger partial charge in [0.05, 0.1) is 18.4 Å². The molecule has 2 rings (SSSR count). The molecule has 26 heavy (non-hydrogen) atoms. The van der Waals surface area contributed by atoms with Crippen LogP contribution in [-0.4, -0.2) is 59.0 Å². The molecule has 1 unspecified atom stereocenters. The summed E-state index contributed by atoms with van der Waals surface area (Å²) in [6.45, 7) is 4.77. The molecule has 2 heterocycles. The molecule has 1 atom stereocenters. The van der Waals surface area contributed by atoms with Gasteiger partial charge in [0, 0.05) is 31.1 Å². The molecule has 0 amide bonds. The second kappa shape index (κ2) is 11.5. The van der Waals surface area contributed by atoms with E-state index in [2.05, 4.69) is 31.8 Å². The minimum atomic E-state index is -3.34. The third kappa shape index (κ3) is 8.48. The summed E-state index contributed by atoms with van der Waals surface area (Å²) in [6, 6.07) is 4.14. The number of hydrogen-bond donors (Lipinski definition) is 3. The van der Waals surface area contributed by atoms with Crippen LogP contribution in [0.25, 0.3) is 0 Å². The van der Waals surface area contributed by atoms with Crippen LogP contribution in [0.15, 0.2) is 22.5 Å². The normalized spacial score (nSPS) is 18.7. The summed E-state index contributed by atoms with van der Waals surface area (Å²) < 4.78 is 32.4. The van der Waals surface area contributed by atoms with Crippen LogP contribution < -0.4 is 15.4 Å². The van der Waals surface area contributed by atoms with Crippen molar-refractivity contribution in [1.29, 1.82) is 0 Å². The predicted octanol–water partition coefficient (Wildman–Crippen LogP) is 1.33. The van der Waals surface area contributed by atoms with Gasteiger partial charge in [0.2, 0.25) is 10.0 Å². The van der Waals surface area contributed by atoms with Crippen LogP contribution in [0.5, 0.6) is 0 Å². The van der Waals surface area contributed by atoms with Crippen LogP contribution in [0.2, 0.25) is 0 Å². The van der Waals surface area contributed by atoms with Crippen LogP contribution in [-0.2, 0) is 21.2 Å². The first kappa shape index (κ1) is 21.1. The van der Waals surface area contributed by atoms with Gasteiger partial charge in [-0.25, -0.2) is 13.1 Å². The summed E-state index contributed by atoms with van der Waals surface area (Å²) >= 11 is 1.73. The number of aliphatic imine (C=N–C) groups is 1. The Morgan fingerprint density at radius 2 is 2.27 bits per heavy atom. The molecule has 7 nitrogen and oxygen atoms in total. The standard InChI is InChI=1S/C17H30N4O3S2/c1-2-18-17(19-9-8-16-7-5-12-25-16)20-10-13-26(22,23)21-14-15-6-3-4-11-24-15/h5,7,12,15,21H,2-4,6,8-11,13-14H2,1H3,(H2,18,19,20). The second-order valence-corrected chi connectivity index (χ2v) is 9.13. The Morgan fingerprint density at radius 3 is 2.96 bits per heavy atom. The number of nitrogens with one attached hydrogen (secondary N) is 3. The van der Waals surface area contributed by atoms with Crippen molar-refractivity contribution in [1.82, 2.24) is 15.4 Å². The van der Waals surface area contributed by atoms with Gasteiger partial charge >= 0.3 is 0 Å². The largest absolute Gasteiger partial charge is 0.377 e. The van der Waals surface area contributed by atoms with Crippen molar-refractivity contribution < 1.29 is 13.2 Å². The molecule has 1 aliphatic rings. The highest BCUT2D eigenvalue weighted by Gasteiger charge is 2.17. The fraction of sp³-hybridized carbons (Fsp3) is 0.706. The van der Waals surface area contributed by atoms with Gasteiger partial charge in [-0.3, -0.25) is 4.99 Å². The zero-order valence-electron chi connectivity index (χ0n) is 15.4. The number of rotatable bonds is 10. The van der Waals surface area contributed by atoms with Crippen molar-refractivity contribution in [2.45, 2.75) is 38.7 Å². The van der Waals surface area contributed by atoms with E-state index in [1.54, 1.807) is 11.3 Å². The van der Waals surface area contributed by atoms with Crippen molar-refractivity contribution in [2.75, 3.05) is 38.5 Å². The first-order valence-corrected chi connectivity index (χ1v) is 11.8. The average Bonchev–Trinajstić information content (AvgIpc) is 3.14. The maximum atomic E-state index is 12.1. The predicted molar refractivity (Wildman–Crippen MR) is 107 cm³/mol. The maximum Gasteiger partial charge on any atom is 0.213 e. The Kier molecular flexibility index (Phi) is 9.38. The minimum absolute atomic E-state index is 0.00161. The summed E-state index contributed by atoms with van der Waals surface area (Å²) in [4.78, 5) is 5.67.